The van der Waals surface area contributed by atoms with Crippen LogP contribution in [0.1, 0.15) is 13.3 Å². The summed E-state index contributed by atoms with van der Waals surface area (Å²) >= 11 is 28.3. The fourth-order valence-electron chi connectivity index (χ4n) is 1.06. The molecule has 0 aromatic rings. The summed E-state index contributed by atoms with van der Waals surface area (Å²) in [4.78, 5) is 9.55. The summed E-state index contributed by atoms with van der Waals surface area (Å²) in [6.07, 6.45) is 0.156. The molecule has 0 aliphatic rings. The monoisotopic (exact) mass is 462 g/mol. The lowest BCUT2D eigenvalue weighted by atomic mass is 10.5. The predicted molar refractivity (Wildman–Crippen MR) is 124 cm³/mol. The number of rotatable bonds is 11. The van der Waals surface area contributed by atoms with E-state index >= 15 is 0 Å². The Labute approximate surface area is 172 Å². The summed E-state index contributed by atoms with van der Waals surface area (Å²) in [5.41, 5.74) is 0. The van der Waals surface area contributed by atoms with Crippen LogP contribution in [0.4, 0.5) is 0 Å². The first-order chi connectivity index (χ1) is 9.93. The highest BCUT2D eigenvalue weighted by atomic mass is 32.3. The lowest BCUT2D eigenvalue weighted by molar-refractivity contribution is -0.136. The van der Waals surface area contributed by atoms with Crippen molar-refractivity contribution in [2.24, 2.45) is 0 Å². The molecule has 0 spiro atoms. The maximum atomic E-state index is 9.55. The van der Waals surface area contributed by atoms with E-state index in [1.54, 1.807) is 0 Å². The van der Waals surface area contributed by atoms with Crippen molar-refractivity contribution in [3.63, 3.8) is 0 Å². The molecule has 1 N–H and O–H groups in total. The highest BCUT2D eigenvalue weighted by molar-refractivity contribution is 8.38. The number of aliphatic carboxylic acids is 1. The van der Waals surface area contributed by atoms with Crippen molar-refractivity contribution < 1.29 is 9.90 Å². The molecule has 0 fully saturated rings. The largest absolute Gasteiger partial charge is 0.481 e. The summed E-state index contributed by atoms with van der Waals surface area (Å²) in [7, 11) is 0. The minimum atomic E-state index is -0.787. The van der Waals surface area contributed by atoms with Crippen LogP contribution >= 0.6 is 110 Å². The van der Waals surface area contributed by atoms with Crippen LogP contribution in [0, 0.1) is 0 Å². The minimum Gasteiger partial charge on any atom is -0.481 e. The molecular formula is C10H22O2S9. The second kappa shape index (κ2) is 17.4. The van der Waals surface area contributed by atoms with Crippen LogP contribution in [0.5, 0.6) is 0 Å². The topological polar surface area (TPSA) is 37.3 Å². The van der Waals surface area contributed by atoms with E-state index in [1.165, 1.54) is 0 Å². The van der Waals surface area contributed by atoms with E-state index in [1.807, 2.05) is 47.0 Å². The van der Waals surface area contributed by atoms with Gasteiger partial charge in [-0.15, -0.1) is 47.0 Å². The summed E-state index contributed by atoms with van der Waals surface area (Å²) in [5, 5.41) is 11.7. The quantitative estimate of drug-likeness (QED) is 0.194. The predicted octanol–water partition coefficient (Wildman–Crippen LogP) is 4.90. The fourth-order valence-corrected chi connectivity index (χ4v) is 10.3. The van der Waals surface area contributed by atoms with Gasteiger partial charge in [-0.1, -0.05) is 6.92 Å². The van der Waals surface area contributed by atoms with Crippen LogP contribution in [0.15, 0.2) is 0 Å². The lowest BCUT2D eigenvalue weighted by Gasteiger charge is -2.35. The lowest BCUT2D eigenvalue weighted by Crippen LogP contribution is -2.28. The van der Waals surface area contributed by atoms with E-state index in [4.69, 9.17) is 5.11 Å². The number of carbonyl (C=O) groups is 1. The van der Waals surface area contributed by atoms with E-state index < -0.39 is 5.97 Å². The number of thiol groups is 5. The molecule has 11 heteroatoms. The van der Waals surface area contributed by atoms with E-state index in [-0.39, 0.29) is 9.83 Å². The maximum absolute atomic E-state index is 9.55. The number of hydrogen-bond donors (Lipinski definition) is 6. The summed E-state index contributed by atoms with van der Waals surface area (Å²) in [5.74, 6) is -0.361. The third-order valence-electron chi connectivity index (χ3n) is 1.95. The fraction of sp³-hybridized carbons (Fsp3) is 0.900. The molecule has 128 valence electrons. The average Bonchev–Trinajstić information content (AvgIpc) is 2.40. The molecule has 0 amide bonds. The van der Waals surface area contributed by atoms with Gasteiger partial charge in [-0.2, -0.15) is 63.1 Å². The molecule has 0 radical (unpaired) electrons. The third-order valence-corrected chi connectivity index (χ3v) is 10.0. The minimum absolute atomic E-state index is 0.0959. The van der Waals surface area contributed by atoms with Crippen LogP contribution in [-0.2, 0) is 4.79 Å². The number of hydrogen-bond acceptors (Lipinski definition) is 10. The standard InChI is InChI=1S/C7H16S8.C3H6O2S/c1-6(12-2-8)7(13-3-9,14-4-10)15-5-11;4-3(5)1-2-6/h6,8-11H,2-5H2,1H3;6H,1-2H2,(H,4,5). The Bertz CT molecular complexity index is 238. The number of thioether (sulfide) groups is 4. The molecule has 1 unspecified atom stereocenters. The van der Waals surface area contributed by atoms with Gasteiger partial charge in [0.2, 0.25) is 0 Å². The van der Waals surface area contributed by atoms with Gasteiger partial charge >= 0.3 is 5.97 Å². The number of carboxylic acids is 1. The van der Waals surface area contributed by atoms with Crippen molar-refractivity contribution in [2.75, 3.05) is 26.1 Å². The molecule has 0 aromatic heterocycles. The van der Waals surface area contributed by atoms with Crippen molar-refractivity contribution in [1.82, 2.24) is 0 Å². The molecular weight excluding hydrogens is 441 g/mol. The van der Waals surface area contributed by atoms with Crippen LogP contribution in [0.3, 0.4) is 0 Å². The summed E-state index contributed by atoms with van der Waals surface area (Å²) < 4.78 is 0.0959. The van der Waals surface area contributed by atoms with E-state index in [0.717, 1.165) is 20.3 Å². The van der Waals surface area contributed by atoms with Gasteiger partial charge in [0.05, 0.1) is 6.42 Å². The van der Waals surface area contributed by atoms with Crippen LogP contribution in [-0.4, -0.2) is 45.8 Å². The smallest absolute Gasteiger partial charge is 0.304 e. The van der Waals surface area contributed by atoms with E-state index in [9.17, 15) is 4.79 Å². The Morgan fingerprint density at radius 3 is 1.62 bits per heavy atom. The molecule has 21 heavy (non-hydrogen) atoms. The second-order valence-electron chi connectivity index (χ2n) is 3.23. The highest BCUT2D eigenvalue weighted by Gasteiger charge is 2.37. The van der Waals surface area contributed by atoms with Crippen molar-refractivity contribution >= 4 is 116 Å². The molecule has 0 heterocycles. The first kappa shape index (κ1) is 25.9. The number of carboxylic acid groups (broad SMARTS) is 1. The van der Waals surface area contributed by atoms with Gasteiger partial charge in [-0.05, 0) is 0 Å². The Morgan fingerprint density at radius 2 is 1.43 bits per heavy atom. The van der Waals surface area contributed by atoms with Gasteiger partial charge in [0.25, 0.3) is 0 Å². The van der Waals surface area contributed by atoms with Gasteiger partial charge in [-0.3, -0.25) is 4.79 Å². The summed E-state index contributed by atoms with van der Waals surface area (Å²) in [6, 6.07) is 0. The Kier molecular flexibility index (Phi) is 21.5. The highest BCUT2D eigenvalue weighted by Crippen LogP contribution is 2.53. The molecule has 0 rings (SSSR count). The zero-order valence-electron chi connectivity index (χ0n) is 11.5. The summed E-state index contributed by atoms with van der Waals surface area (Å²) in [6.45, 7) is 2.24. The molecule has 0 saturated heterocycles. The molecule has 0 saturated carbocycles. The molecule has 0 bridgehead atoms. The average molecular weight is 463 g/mol. The van der Waals surface area contributed by atoms with Gasteiger partial charge in [0.15, 0.2) is 0 Å². The molecule has 2 nitrogen and oxygen atoms in total. The zero-order valence-corrected chi connectivity index (χ0v) is 19.3. The second-order valence-corrected chi connectivity index (χ2v) is 12.4. The van der Waals surface area contributed by atoms with Crippen molar-refractivity contribution in [3.8, 4) is 0 Å². The van der Waals surface area contributed by atoms with Gasteiger partial charge in [0, 0.05) is 31.3 Å². The van der Waals surface area contributed by atoms with Crippen LogP contribution in [0.25, 0.3) is 0 Å². The van der Waals surface area contributed by atoms with Crippen molar-refractivity contribution in [1.29, 1.82) is 0 Å². The van der Waals surface area contributed by atoms with Crippen molar-refractivity contribution in [2.45, 2.75) is 22.0 Å². The Morgan fingerprint density at radius 1 is 1.00 bits per heavy atom. The Hall–Kier alpha value is 2.62. The van der Waals surface area contributed by atoms with Gasteiger partial charge in [-0.25, -0.2) is 0 Å². The first-order valence-corrected chi connectivity index (χ1v) is 12.9. The molecule has 0 aliphatic carbocycles. The third kappa shape index (κ3) is 13.6. The molecule has 1 atom stereocenters. The van der Waals surface area contributed by atoms with Gasteiger partial charge < -0.3 is 5.11 Å². The zero-order chi connectivity index (χ0) is 16.7. The SMILES string of the molecule is CC(SCS)C(SCS)(SCS)SCS.O=C(O)CCS. The Balaban J connectivity index is 0. The molecule has 0 aromatic carbocycles. The van der Waals surface area contributed by atoms with E-state index in [0.29, 0.717) is 11.0 Å². The first-order valence-electron chi connectivity index (χ1n) is 5.73. The van der Waals surface area contributed by atoms with E-state index in [2.05, 4.69) is 70.1 Å². The van der Waals surface area contributed by atoms with Crippen molar-refractivity contribution in [3.05, 3.63) is 0 Å². The van der Waals surface area contributed by atoms with Gasteiger partial charge in [0.1, 0.15) is 3.41 Å². The normalized spacial score (nSPS) is 12.5. The van der Waals surface area contributed by atoms with Crippen LogP contribution in [0.2, 0.25) is 0 Å². The van der Waals surface area contributed by atoms with Crippen LogP contribution < -0.4 is 0 Å². The molecule has 0 aliphatic heterocycles. The maximum Gasteiger partial charge on any atom is 0.304 e.